The van der Waals surface area contributed by atoms with Crippen molar-refractivity contribution < 1.29 is 0 Å². The largest absolute Gasteiger partial charge is 0.383 e. The highest BCUT2D eigenvalue weighted by Gasteiger charge is 1.93. The zero-order valence-corrected chi connectivity index (χ0v) is 8.72. The average molecular weight is 181 g/mol. The SMILES string of the molecule is CC/C=C(\CC)NC/C(C)=N/C=N. The molecule has 0 aliphatic rings. The molecule has 0 bridgehead atoms. The Balaban J connectivity index is 3.91. The van der Waals surface area contributed by atoms with Crippen molar-refractivity contribution >= 4 is 12.1 Å². The normalized spacial score (nSPS) is 12.8. The number of aliphatic imine (C=N–C) groups is 1. The van der Waals surface area contributed by atoms with Gasteiger partial charge in [0.05, 0.1) is 6.54 Å². The van der Waals surface area contributed by atoms with Crippen molar-refractivity contribution in [2.75, 3.05) is 6.54 Å². The average Bonchev–Trinajstić information content (AvgIpc) is 2.12. The van der Waals surface area contributed by atoms with Gasteiger partial charge >= 0.3 is 0 Å². The zero-order valence-electron chi connectivity index (χ0n) is 8.72. The fourth-order valence-electron chi connectivity index (χ4n) is 0.985. The third-order valence-electron chi connectivity index (χ3n) is 1.69. The van der Waals surface area contributed by atoms with Crippen molar-refractivity contribution in [3.05, 3.63) is 11.8 Å². The van der Waals surface area contributed by atoms with Crippen molar-refractivity contribution in [2.45, 2.75) is 33.6 Å². The predicted octanol–water partition coefficient (Wildman–Crippen LogP) is 2.35. The van der Waals surface area contributed by atoms with Crippen LogP contribution in [0.5, 0.6) is 0 Å². The van der Waals surface area contributed by atoms with E-state index in [0.717, 1.165) is 31.4 Å². The number of rotatable bonds is 6. The molecule has 0 atom stereocenters. The first-order valence-corrected chi connectivity index (χ1v) is 4.69. The molecular formula is C10H19N3. The molecule has 0 saturated heterocycles. The Morgan fingerprint density at radius 3 is 2.62 bits per heavy atom. The molecule has 0 aromatic carbocycles. The highest BCUT2D eigenvalue weighted by atomic mass is 14.9. The van der Waals surface area contributed by atoms with Gasteiger partial charge in [-0.05, 0) is 19.8 Å². The topological polar surface area (TPSA) is 48.2 Å². The fourth-order valence-corrected chi connectivity index (χ4v) is 0.985. The van der Waals surface area contributed by atoms with E-state index in [9.17, 15) is 0 Å². The van der Waals surface area contributed by atoms with Gasteiger partial charge in [-0.25, -0.2) is 4.99 Å². The van der Waals surface area contributed by atoms with Gasteiger partial charge in [-0.3, -0.25) is 5.41 Å². The highest BCUT2D eigenvalue weighted by molar-refractivity contribution is 5.89. The summed E-state index contributed by atoms with van der Waals surface area (Å²) in [6.07, 6.45) is 5.33. The first-order chi connectivity index (χ1) is 6.24. The van der Waals surface area contributed by atoms with E-state index in [1.54, 1.807) is 0 Å². The van der Waals surface area contributed by atoms with E-state index in [4.69, 9.17) is 5.41 Å². The van der Waals surface area contributed by atoms with Crippen molar-refractivity contribution in [1.82, 2.24) is 5.32 Å². The molecule has 0 amide bonds. The van der Waals surface area contributed by atoms with Crippen molar-refractivity contribution in [1.29, 1.82) is 5.41 Å². The van der Waals surface area contributed by atoms with Crippen LogP contribution in [0.15, 0.2) is 16.8 Å². The zero-order chi connectivity index (χ0) is 10.1. The molecule has 0 aromatic heterocycles. The van der Waals surface area contributed by atoms with Crippen LogP contribution >= 0.6 is 0 Å². The van der Waals surface area contributed by atoms with Crippen molar-refractivity contribution in [3.63, 3.8) is 0 Å². The molecule has 2 N–H and O–H groups in total. The van der Waals surface area contributed by atoms with Gasteiger partial charge in [0, 0.05) is 11.4 Å². The van der Waals surface area contributed by atoms with Gasteiger partial charge in [-0.2, -0.15) is 0 Å². The molecule has 13 heavy (non-hydrogen) atoms. The quantitative estimate of drug-likeness (QED) is 0.479. The van der Waals surface area contributed by atoms with Gasteiger partial charge < -0.3 is 5.32 Å². The number of hydrogen-bond acceptors (Lipinski definition) is 2. The van der Waals surface area contributed by atoms with E-state index in [2.05, 4.69) is 30.2 Å². The van der Waals surface area contributed by atoms with Crippen LogP contribution in [0.3, 0.4) is 0 Å². The van der Waals surface area contributed by atoms with Crippen molar-refractivity contribution in [2.24, 2.45) is 4.99 Å². The Labute approximate surface area is 80.5 Å². The lowest BCUT2D eigenvalue weighted by Crippen LogP contribution is -2.20. The Kier molecular flexibility index (Phi) is 6.88. The maximum atomic E-state index is 6.79. The summed E-state index contributed by atoms with van der Waals surface area (Å²) in [5, 5.41) is 10.1. The van der Waals surface area contributed by atoms with Crippen LogP contribution in [0.4, 0.5) is 0 Å². The Hall–Kier alpha value is -1.12. The highest BCUT2D eigenvalue weighted by Crippen LogP contribution is 1.96. The van der Waals surface area contributed by atoms with Gasteiger partial charge in [0.2, 0.25) is 0 Å². The Morgan fingerprint density at radius 2 is 2.15 bits per heavy atom. The first-order valence-electron chi connectivity index (χ1n) is 4.69. The van der Waals surface area contributed by atoms with Crippen LogP contribution in [0, 0.1) is 5.41 Å². The molecule has 0 radical (unpaired) electrons. The number of allylic oxidation sites excluding steroid dienone is 2. The summed E-state index contributed by atoms with van der Waals surface area (Å²) in [7, 11) is 0. The second-order valence-electron chi connectivity index (χ2n) is 2.84. The summed E-state index contributed by atoms with van der Waals surface area (Å²) in [6.45, 7) is 6.89. The summed E-state index contributed by atoms with van der Waals surface area (Å²) < 4.78 is 0. The van der Waals surface area contributed by atoms with Gasteiger partial charge in [-0.1, -0.05) is 19.9 Å². The number of hydrogen-bond donors (Lipinski definition) is 2. The van der Waals surface area contributed by atoms with Crippen LogP contribution in [-0.4, -0.2) is 18.6 Å². The van der Waals surface area contributed by atoms with Crippen molar-refractivity contribution in [3.8, 4) is 0 Å². The van der Waals surface area contributed by atoms with E-state index in [1.165, 1.54) is 5.70 Å². The van der Waals surface area contributed by atoms with Gasteiger partial charge in [-0.15, -0.1) is 0 Å². The van der Waals surface area contributed by atoms with Gasteiger partial charge in [0.25, 0.3) is 0 Å². The van der Waals surface area contributed by atoms with Crippen LogP contribution in [0.25, 0.3) is 0 Å². The van der Waals surface area contributed by atoms with Crippen LogP contribution in [0.2, 0.25) is 0 Å². The van der Waals surface area contributed by atoms with E-state index in [-0.39, 0.29) is 0 Å². The molecule has 0 rings (SSSR count). The minimum absolute atomic E-state index is 0.731. The van der Waals surface area contributed by atoms with Crippen LogP contribution < -0.4 is 5.32 Å². The monoisotopic (exact) mass is 181 g/mol. The van der Waals surface area contributed by atoms with Crippen LogP contribution in [-0.2, 0) is 0 Å². The summed E-state index contributed by atoms with van der Waals surface area (Å²) in [6, 6.07) is 0. The first kappa shape index (κ1) is 11.9. The second kappa shape index (κ2) is 7.53. The lowest BCUT2D eigenvalue weighted by molar-refractivity contribution is 0.846. The minimum atomic E-state index is 0.731. The predicted molar refractivity (Wildman–Crippen MR) is 58.6 cm³/mol. The Bertz CT molecular complexity index is 204. The molecule has 0 aliphatic heterocycles. The standard InChI is InChI=1S/C10H19N3/c1-4-6-10(5-2)12-7-9(3)13-8-11/h6,8,11-12H,4-5,7H2,1-3H3/b10-6+,11-8?,13-9+. The lowest BCUT2D eigenvalue weighted by Gasteiger charge is -2.07. The molecule has 0 spiro atoms. The maximum Gasteiger partial charge on any atom is 0.106 e. The molecule has 0 unspecified atom stereocenters. The number of nitrogens with zero attached hydrogens (tertiary/aromatic N) is 1. The smallest absolute Gasteiger partial charge is 0.106 e. The molecule has 3 nitrogen and oxygen atoms in total. The molecular weight excluding hydrogens is 162 g/mol. The lowest BCUT2D eigenvalue weighted by atomic mass is 10.2. The summed E-state index contributed by atoms with van der Waals surface area (Å²) in [5.41, 5.74) is 2.19. The summed E-state index contributed by atoms with van der Waals surface area (Å²) in [4.78, 5) is 3.86. The molecule has 0 saturated carbocycles. The third-order valence-corrected chi connectivity index (χ3v) is 1.69. The summed E-state index contributed by atoms with van der Waals surface area (Å²) in [5.74, 6) is 0. The fraction of sp³-hybridized carbons (Fsp3) is 0.600. The molecule has 3 heteroatoms. The van der Waals surface area contributed by atoms with Gasteiger partial charge in [0.15, 0.2) is 0 Å². The maximum absolute atomic E-state index is 6.79. The molecule has 0 heterocycles. The van der Waals surface area contributed by atoms with Gasteiger partial charge in [0.1, 0.15) is 6.34 Å². The van der Waals surface area contributed by atoms with E-state index < -0.39 is 0 Å². The second-order valence-corrected chi connectivity index (χ2v) is 2.84. The molecule has 74 valence electrons. The summed E-state index contributed by atoms with van der Waals surface area (Å²) >= 11 is 0. The minimum Gasteiger partial charge on any atom is -0.383 e. The third kappa shape index (κ3) is 6.08. The van der Waals surface area contributed by atoms with E-state index >= 15 is 0 Å². The van der Waals surface area contributed by atoms with E-state index in [1.807, 2.05) is 6.92 Å². The van der Waals surface area contributed by atoms with Crippen LogP contribution in [0.1, 0.15) is 33.6 Å². The molecule has 0 fully saturated rings. The number of nitrogens with one attached hydrogen (secondary N) is 2. The van der Waals surface area contributed by atoms with E-state index in [0.29, 0.717) is 0 Å². The molecule has 0 aliphatic carbocycles. The Morgan fingerprint density at radius 1 is 1.46 bits per heavy atom. The molecule has 0 aromatic rings.